The van der Waals surface area contributed by atoms with Gasteiger partial charge in [-0.1, -0.05) is 0 Å². The Labute approximate surface area is 138 Å². The summed E-state index contributed by atoms with van der Waals surface area (Å²) in [5, 5.41) is 10.9. The third-order valence-electron chi connectivity index (χ3n) is 5.16. The van der Waals surface area contributed by atoms with Gasteiger partial charge in [0.2, 0.25) is 0 Å². The zero-order valence-electron chi connectivity index (χ0n) is 14.1. The van der Waals surface area contributed by atoms with Crippen LogP contribution in [0, 0.1) is 5.92 Å². The molecule has 2 aliphatic rings. The van der Waals surface area contributed by atoms with E-state index in [1.54, 1.807) is 0 Å². The Morgan fingerprint density at radius 2 is 2.22 bits per heavy atom. The van der Waals surface area contributed by atoms with Crippen molar-refractivity contribution in [2.45, 2.75) is 38.1 Å². The van der Waals surface area contributed by atoms with Crippen LogP contribution in [0.4, 0.5) is 0 Å². The van der Waals surface area contributed by atoms with Crippen LogP contribution >= 0.6 is 0 Å². The fourth-order valence-corrected chi connectivity index (χ4v) is 3.55. The number of nitrogens with one attached hydrogen (secondary N) is 2. The van der Waals surface area contributed by atoms with Crippen molar-refractivity contribution in [3.05, 3.63) is 18.0 Å². The first-order chi connectivity index (χ1) is 11.2. The van der Waals surface area contributed by atoms with Gasteiger partial charge >= 0.3 is 0 Å². The quantitative estimate of drug-likeness (QED) is 0.858. The van der Waals surface area contributed by atoms with Crippen LogP contribution in [0.5, 0.6) is 0 Å². The summed E-state index contributed by atoms with van der Waals surface area (Å²) >= 11 is 0. The molecule has 0 aliphatic carbocycles. The summed E-state index contributed by atoms with van der Waals surface area (Å²) in [6.07, 6.45) is 7.80. The van der Waals surface area contributed by atoms with Crippen molar-refractivity contribution in [1.29, 1.82) is 0 Å². The van der Waals surface area contributed by atoms with Crippen molar-refractivity contribution in [3.63, 3.8) is 0 Å². The minimum atomic E-state index is -0.0413. The van der Waals surface area contributed by atoms with Gasteiger partial charge in [-0.05, 0) is 70.8 Å². The van der Waals surface area contributed by atoms with E-state index in [0.717, 1.165) is 38.4 Å². The highest BCUT2D eigenvalue weighted by Crippen LogP contribution is 2.19. The lowest BCUT2D eigenvalue weighted by atomic mass is 9.94. The summed E-state index contributed by atoms with van der Waals surface area (Å²) in [4.78, 5) is 14.6. The molecule has 128 valence electrons. The predicted molar refractivity (Wildman–Crippen MR) is 90.5 cm³/mol. The molecule has 1 aromatic rings. The zero-order chi connectivity index (χ0) is 16.1. The molecule has 0 bridgehead atoms. The Balaban J connectivity index is 1.42. The van der Waals surface area contributed by atoms with Gasteiger partial charge < -0.3 is 15.5 Å². The Kier molecular flexibility index (Phi) is 5.67. The summed E-state index contributed by atoms with van der Waals surface area (Å²) in [5.41, 5.74) is 0.541. The van der Waals surface area contributed by atoms with Gasteiger partial charge in [-0.25, -0.2) is 0 Å². The Hall–Kier alpha value is -1.40. The topological polar surface area (TPSA) is 62.2 Å². The summed E-state index contributed by atoms with van der Waals surface area (Å²) in [6, 6.07) is 2.21. The number of rotatable bonds is 5. The van der Waals surface area contributed by atoms with Crippen LogP contribution in [0.1, 0.15) is 48.6 Å². The van der Waals surface area contributed by atoms with Crippen molar-refractivity contribution in [2.24, 2.45) is 5.92 Å². The average molecular weight is 319 g/mol. The minimum absolute atomic E-state index is 0.0413. The smallest absolute Gasteiger partial charge is 0.271 e. The standard InChI is InChI=1S/C17H29N5O/c1-21-10-5-14(6-11-21)4-9-19-17(23)16-7-12-22(20-16)15-3-2-8-18-13-15/h7,12,14-15,18H,2-6,8-11,13H2,1H3,(H,19,23). The molecule has 23 heavy (non-hydrogen) atoms. The van der Waals surface area contributed by atoms with Gasteiger partial charge in [0.05, 0.1) is 6.04 Å². The van der Waals surface area contributed by atoms with Crippen LogP contribution in [0.15, 0.2) is 12.3 Å². The highest BCUT2D eigenvalue weighted by Gasteiger charge is 2.19. The third-order valence-corrected chi connectivity index (χ3v) is 5.16. The number of likely N-dealkylation sites (tertiary alicyclic amines) is 1. The van der Waals surface area contributed by atoms with Crippen LogP contribution in [0.2, 0.25) is 0 Å². The Morgan fingerprint density at radius 3 is 2.96 bits per heavy atom. The zero-order valence-corrected chi connectivity index (χ0v) is 14.1. The van der Waals surface area contributed by atoms with Gasteiger partial charge in [-0.3, -0.25) is 9.48 Å². The first-order valence-corrected chi connectivity index (χ1v) is 8.95. The van der Waals surface area contributed by atoms with Gasteiger partial charge in [0.15, 0.2) is 0 Å². The van der Waals surface area contributed by atoms with Crippen LogP contribution in [-0.4, -0.2) is 60.4 Å². The molecule has 1 atom stereocenters. The Bertz CT molecular complexity index is 501. The third kappa shape index (κ3) is 4.54. The van der Waals surface area contributed by atoms with Gasteiger partial charge in [0.1, 0.15) is 5.69 Å². The molecule has 0 saturated carbocycles. The summed E-state index contributed by atoms with van der Waals surface area (Å²) in [5.74, 6) is 0.706. The van der Waals surface area contributed by atoms with E-state index in [1.807, 2.05) is 16.9 Å². The molecule has 0 aromatic carbocycles. The molecule has 0 radical (unpaired) electrons. The number of nitrogens with zero attached hydrogens (tertiary/aromatic N) is 3. The van der Waals surface area contributed by atoms with E-state index >= 15 is 0 Å². The van der Waals surface area contributed by atoms with Crippen molar-refractivity contribution < 1.29 is 4.79 Å². The molecule has 2 fully saturated rings. The molecule has 2 saturated heterocycles. The normalized spacial score (nSPS) is 23.8. The fraction of sp³-hybridized carbons (Fsp3) is 0.765. The second-order valence-corrected chi connectivity index (χ2v) is 6.97. The molecule has 1 unspecified atom stereocenters. The summed E-state index contributed by atoms with van der Waals surface area (Å²) in [6.45, 7) is 5.14. The number of amides is 1. The molecule has 6 nitrogen and oxygen atoms in total. The van der Waals surface area contributed by atoms with E-state index in [-0.39, 0.29) is 5.91 Å². The lowest BCUT2D eigenvalue weighted by Crippen LogP contribution is -2.33. The van der Waals surface area contributed by atoms with Crippen molar-refractivity contribution in [1.82, 2.24) is 25.3 Å². The van der Waals surface area contributed by atoms with Crippen LogP contribution in [-0.2, 0) is 0 Å². The fourth-order valence-electron chi connectivity index (χ4n) is 3.55. The maximum atomic E-state index is 12.2. The highest BCUT2D eigenvalue weighted by molar-refractivity contribution is 5.92. The largest absolute Gasteiger partial charge is 0.351 e. The molecule has 1 amide bonds. The number of piperidine rings is 2. The van der Waals surface area contributed by atoms with Crippen molar-refractivity contribution in [3.8, 4) is 0 Å². The van der Waals surface area contributed by atoms with Crippen LogP contribution < -0.4 is 10.6 Å². The minimum Gasteiger partial charge on any atom is -0.351 e. The number of hydrogen-bond acceptors (Lipinski definition) is 4. The van der Waals surface area contributed by atoms with Gasteiger partial charge in [0.25, 0.3) is 5.91 Å². The highest BCUT2D eigenvalue weighted by atomic mass is 16.1. The SMILES string of the molecule is CN1CCC(CCNC(=O)c2ccn(C3CCCNC3)n2)CC1. The second-order valence-electron chi connectivity index (χ2n) is 6.97. The summed E-state index contributed by atoms with van der Waals surface area (Å²) in [7, 11) is 2.18. The molecule has 1 aromatic heterocycles. The lowest BCUT2D eigenvalue weighted by molar-refractivity contribution is 0.0942. The second kappa shape index (κ2) is 7.93. The predicted octanol–water partition coefficient (Wildman–Crippen LogP) is 1.27. The van der Waals surface area contributed by atoms with Gasteiger partial charge in [-0.2, -0.15) is 5.10 Å². The molecule has 6 heteroatoms. The van der Waals surface area contributed by atoms with Gasteiger partial charge in [0, 0.05) is 19.3 Å². The van der Waals surface area contributed by atoms with Crippen LogP contribution in [0.3, 0.4) is 0 Å². The van der Waals surface area contributed by atoms with E-state index in [0.29, 0.717) is 11.7 Å². The van der Waals surface area contributed by atoms with E-state index < -0.39 is 0 Å². The molecule has 3 heterocycles. The number of carbonyl (C=O) groups excluding carboxylic acids is 1. The lowest BCUT2D eigenvalue weighted by Gasteiger charge is -2.28. The number of aromatic nitrogens is 2. The van der Waals surface area contributed by atoms with Crippen molar-refractivity contribution in [2.75, 3.05) is 39.8 Å². The number of hydrogen-bond donors (Lipinski definition) is 2. The molecule has 2 aliphatic heterocycles. The van der Waals surface area contributed by atoms with E-state index in [1.165, 1.54) is 32.4 Å². The molecule has 0 spiro atoms. The first-order valence-electron chi connectivity index (χ1n) is 8.95. The number of carbonyl (C=O) groups is 1. The Morgan fingerprint density at radius 1 is 1.39 bits per heavy atom. The maximum absolute atomic E-state index is 12.2. The van der Waals surface area contributed by atoms with E-state index in [2.05, 4.69) is 27.7 Å². The molecular formula is C17H29N5O. The molecular weight excluding hydrogens is 290 g/mol. The van der Waals surface area contributed by atoms with Crippen LogP contribution in [0.25, 0.3) is 0 Å². The average Bonchev–Trinajstić information content (AvgIpc) is 3.07. The van der Waals surface area contributed by atoms with Crippen molar-refractivity contribution >= 4 is 5.91 Å². The van der Waals surface area contributed by atoms with E-state index in [4.69, 9.17) is 0 Å². The molecule has 3 rings (SSSR count). The van der Waals surface area contributed by atoms with Gasteiger partial charge in [-0.15, -0.1) is 0 Å². The maximum Gasteiger partial charge on any atom is 0.271 e. The monoisotopic (exact) mass is 319 g/mol. The summed E-state index contributed by atoms with van der Waals surface area (Å²) < 4.78 is 1.94. The first kappa shape index (κ1) is 16.5. The van der Waals surface area contributed by atoms with E-state index in [9.17, 15) is 4.79 Å². The molecule has 2 N–H and O–H groups in total.